The van der Waals surface area contributed by atoms with E-state index < -0.39 is 0 Å². The number of hydrogen-bond acceptors (Lipinski definition) is 7. The number of fused-ring (bicyclic) bond motifs is 4. The molecule has 0 spiro atoms. The first kappa shape index (κ1) is 22.3. The summed E-state index contributed by atoms with van der Waals surface area (Å²) in [4.78, 5) is 9.49. The second-order valence-corrected chi connectivity index (χ2v) is 9.37. The van der Waals surface area contributed by atoms with E-state index in [9.17, 15) is 0 Å². The first-order valence-corrected chi connectivity index (χ1v) is 12.4. The Kier molecular flexibility index (Phi) is 5.04. The fourth-order valence-electron chi connectivity index (χ4n) is 5.13. The molecular formula is C29H24N6O3. The van der Waals surface area contributed by atoms with E-state index >= 15 is 0 Å². The summed E-state index contributed by atoms with van der Waals surface area (Å²) in [6, 6.07) is 19.8. The lowest BCUT2D eigenvalue weighted by atomic mass is 9.88. The average Bonchev–Trinajstić information content (AvgIpc) is 3.67. The molecule has 0 N–H and O–H groups in total. The van der Waals surface area contributed by atoms with E-state index in [1.165, 1.54) is 0 Å². The van der Waals surface area contributed by atoms with Crippen molar-refractivity contribution < 1.29 is 13.9 Å². The highest BCUT2D eigenvalue weighted by molar-refractivity contribution is 5.65. The Bertz CT molecular complexity index is 1770. The van der Waals surface area contributed by atoms with Gasteiger partial charge in [-0.3, -0.25) is 0 Å². The Morgan fingerprint density at radius 1 is 0.895 bits per heavy atom. The third-order valence-corrected chi connectivity index (χ3v) is 6.85. The molecule has 188 valence electrons. The van der Waals surface area contributed by atoms with Gasteiger partial charge in [-0.1, -0.05) is 36.4 Å². The van der Waals surface area contributed by atoms with Crippen molar-refractivity contribution in [2.45, 2.75) is 33.3 Å². The molecule has 0 bridgehead atoms. The Morgan fingerprint density at radius 2 is 1.71 bits per heavy atom. The van der Waals surface area contributed by atoms with Crippen LogP contribution in [0.25, 0.3) is 11.3 Å². The maximum atomic E-state index is 6.43. The monoisotopic (exact) mass is 504 g/mol. The van der Waals surface area contributed by atoms with E-state index in [1.54, 1.807) is 17.1 Å². The number of benzene rings is 2. The van der Waals surface area contributed by atoms with E-state index in [0.29, 0.717) is 23.2 Å². The number of furan rings is 1. The van der Waals surface area contributed by atoms with Crippen molar-refractivity contribution in [2.24, 2.45) is 0 Å². The Labute approximate surface area is 218 Å². The van der Waals surface area contributed by atoms with Crippen molar-refractivity contribution in [3.8, 4) is 23.2 Å². The molecule has 4 aromatic heterocycles. The van der Waals surface area contributed by atoms with Gasteiger partial charge in [0, 0.05) is 0 Å². The maximum absolute atomic E-state index is 6.43. The molecule has 1 atom stereocenters. The summed E-state index contributed by atoms with van der Waals surface area (Å²) in [5.74, 6) is 2.86. The van der Waals surface area contributed by atoms with Gasteiger partial charge in [0.05, 0.1) is 34.7 Å². The predicted molar refractivity (Wildman–Crippen MR) is 139 cm³/mol. The van der Waals surface area contributed by atoms with Gasteiger partial charge in [0.25, 0.3) is 0 Å². The standard InChI is InChI=1S/C29H24N6O3/c1-17-9-7-10-18(2)26(17)37-15-22-31-27-25-24(21-13-8-14-36-21)23-19(3)32-35(20-11-5-4-6-12-20)29(23)38-28(25)30-16-34(27)33-22/h4-14,16,24H,15H2,1-3H3/t24-/m1/s1. The van der Waals surface area contributed by atoms with Crippen LogP contribution in [0, 0.1) is 20.8 Å². The van der Waals surface area contributed by atoms with Gasteiger partial charge < -0.3 is 13.9 Å². The molecule has 38 heavy (non-hydrogen) atoms. The lowest BCUT2D eigenvalue weighted by Crippen LogP contribution is -2.15. The Morgan fingerprint density at radius 3 is 2.47 bits per heavy atom. The van der Waals surface area contributed by atoms with Crippen molar-refractivity contribution in [3.05, 3.63) is 113 Å². The summed E-state index contributed by atoms with van der Waals surface area (Å²) in [5.41, 5.74) is 6.17. The molecule has 0 saturated heterocycles. The number of para-hydroxylation sites is 2. The minimum Gasteiger partial charge on any atom is -0.485 e. The third kappa shape index (κ3) is 3.47. The number of rotatable bonds is 5. The lowest BCUT2D eigenvalue weighted by Gasteiger charge is -2.24. The highest BCUT2D eigenvalue weighted by Gasteiger charge is 2.39. The van der Waals surface area contributed by atoms with E-state index in [0.717, 1.165) is 45.1 Å². The van der Waals surface area contributed by atoms with E-state index in [1.807, 2.05) is 86.1 Å². The smallest absolute Gasteiger partial charge is 0.230 e. The SMILES string of the molecule is Cc1cccc(C)c1OCc1nc2c3c(ncn2n1)Oc1c(c(C)nn1-c1ccccc1)[C@H]3c1ccco1. The maximum Gasteiger partial charge on any atom is 0.230 e. The van der Waals surface area contributed by atoms with Crippen LogP contribution in [0.15, 0.2) is 77.7 Å². The summed E-state index contributed by atoms with van der Waals surface area (Å²) < 4.78 is 22.0. The summed E-state index contributed by atoms with van der Waals surface area (Å²) in [7, 11) is 0. The molecule has 2 aromatic carbocycles. The van der Waals surface area contributed by atoms with Gasteiger partial charge in [0.2, 0.25) is 11.8 Å². The van der Waals surface area contributed by atoms with Gasteiger partial charge in [-0.05, 0) is 56.2 Å². The second kappa shape index (κ2) is 8.58. The fraction of sp³-hybridized carbons (Fsp3) is 0.172. The van der Waals surface area contributed by atoms with E-state index in [-0.39, 0.29) is 12.5 Å². The predicted octanol–water partition coefficient (Wildman–Crippen LogP) is 5.69. The Hall–Kier alpha value is -4.92. The fourth-order valence-corrected chi connectivity index (χ4v) is 5.13. The third-order valence-electron chi connectivity index (χ3n) is 6.85. The zero-order chi connectivity index (χ0) is 25.8. The number of aromatic nitrogens is 6. The molecule has 9 heteroatoms. The largest absolute Gasteiger partial charge is 0.485 e. The van der Waals surface area contributed by atoms with Crippen LogP contribution >= 0.6 is 0 Å². The molecule has 0 saturated carbocycles. The van der Waals surface area contributed by atoms with Gasteiger partial charge in [-0.25, -0.2) is 19.2 Å². The van der Waals surface area contributed by atoms with Crippen LogP contribution in [0.2, 0.25) is 0 Å². The minimum atomic E-state index is -0.325. The number of nitrogens with zero attached hydrogens (tertiary/aromatic N) is 6. The molecule has 5 heterocycles. The number of aryl methyl sites for hydroxylation is 3. The van der Waals surface area contributed by atoms with Crippen LogP contribution in [-0.2, 0) is 6.61 Å². The normalized spacial score (nSPS) is 14.2. The highest BCUT2D eigenvalue weighted by Crippen LogP contribution is 2.49. The van der Waals surface area contributed by atoms with E-state index in [2.05, 4.69) is 10.1 Å². The van der Waals surface area contributed by atoms with Crippen molar-refractivity contribution in [3.63, 3.8) is 0 Å². The number of hydrogen-bond donors (Lipinski definition) is 0. The molecular weight excluding hydrogens is 480 g/mol. The van der Waals surface area contributed by atoms with Crippen LogP contribution in [0.3, 0.4) is 0 Å². The first-order chi connectivity index (χ1) is 18.6. The summed E-state index contributed by atoms with van der Waals surface area (Å²) in [6.07, 6.45) is 3.28. The molecule has 0 amide bonds. The quantitative estimate of drug-likeness (QED) is 0.297. The molecule has 6 aromatic rings. The molecule has 1 aliphatic heterocycles. The first-order valence-electron chi connectivity index (χ1n) is 12.4. The van der Waals surface area contributed by atoms with Gasteiger partial charge >= 0.3 is 0 Å². The summed E-state index contributed by atoms with van der Waals surface area (Å²) in [6.45, 7) is 6.26. The van der Waals surface area contributed by atoms with Crippen molar-refractivity contribution >= 4 is 5.65 Å². The zero-order valence-corrected chi connectivity index (χ0v) is 21.1. The number of ether oxygens (including phenoxy) is 2. The summed E-state index contributed by atoms with van der Waals surface area (Å²) >= 11 is 0. The van der Waals surface area contributed by atoms with Gasteiger partial charge in [0.15, 0.2) is 11.5 Å². The topological polar surface area (TPSA) is 92.5 Å². The van der Waals surface area contributed by atoms with Crippen molar-refractivity contribution in [1.82, 2.24) is 29.4 Å². The molecule has 1 aliphatic rings. The second-order valence-electron chi connectivity index (χ2n) is 9.37. The van der Waals surface area contributed by atoms with Crippen LogP contribution in [0.1, 0.15) is 45.5 Å². The van der Waals surface area contributed by atoms with Gasteiger partial charge in [-0.2, -0.15) is 5.10 Å². The average molecular weight is 505 g/mol. The molecule has 9 nitrogen and oxygen atoms in total. The highest BCUT2D eigenvalue weighted by atomic mass is 16.5. The Balaban J connectivity index is 1.35. The van der Waals surface area contributed by atoms with Gasteiger partial charge in [0.1, 0.15) is 24.4 Å². The van der Waals surface area contributed by atoms with E-state index in [4.69, 9.17) is 24.0 Å². The lowest BCUT2D eigenvalue weighted by molar-refractivity contribution is 0.292. The van der Waals surface area contributed by atoms with Crippen molar-refractivity contribution in [1.29, 1.82) is 0 Å². The summed E-state index contributed by atoms with van der Waals surface area (Å²) in [5, 5.41) is 9.48. The van der Waals surface area contributed by atoms with Crippen LogP contribution < -0.4 is 9.47 Å². The van der Waals surface area contributed by atoms with Crippen LogP contribution in [-0.4, -0.2) is 29.4 Å². The minimum absolute atomic E-state index is 0.227. The van der Waals surface area contributed by atoms with Crippen LogP contribution in [0.4, 0.5) is 0 Å². The van der Waals surface area contributed by atoms with Gasteiger partial charge in [-0.15, -0.1) is 5.10 Å². The molecule has 0 fully saturated rings. The zero-order valence-electron chi connectivity index (χ0n) is 21.1. The van der Waals surface area contributed by atoms with Crippen molar-refractivity contribution in [2.75, 3.05) is 0 Å². The molecule has 0 aliphatic carbocycles. The van der Waals surface area contributed by atoms with Crippen LogP contribution in [0.5, 0.6) is 17.5 Å². The molecule has 0 unspecified atom stereocenters. The molecule has 0 radical (unpaired) electrons. The molecule has 7 rings (SSSR count).